The van der Waals surface area contributed by atoms with E-state index in [0.29, 0.717) is 23.6 Å². The number of carbonyl (C=O) groups is 1. The lowest BCUT2D eigenvalue weighted by atomic mass is 9.78. The molecule has 1 aliphatic carbocycles. The Kier molecular flexibility index (Phi) is 4.66. The van der Waals surface area contributed by atoms with Crippen molar-refractivity contribution in [3.63, 3.8) is 0 Å². The number of amides is 1. The zero-order valence-corrected chi connectivity index (χ0v) is 13.8. The molecule has 1 fully saturated rings. The summed E-state index contributed by atoms with van der Waals surface area (Å²) in [4.78, 5) is 12.2. The van der Waals surface area contributed by atoms with E-state index in [1.165, 1.54) is 24.6 Å². The Morgan fingerprint density at radius 3 is 3.09 bits per heavy atom. The number of thioether (sulfide) groups is 1. The molecule has 3 rings (SSSR count). The molecule has 2 aromatic rings. The summed E-state index contributed by atoms with van der Waals surface area (Å²) in [5, 5.41) is 12.2. The van der Waals surface area contributed by atoms with Crippen molar-refractivity contribution >= 4 is 23.3 Å². The largest absolute Gasteiger partial charge is 0.352 e. The Bertz CT molecular complexity index is 656. The second kappa shape index (κ2) is 6.69. The van der Waals surface area contributed by atoms with E-state index in [4.69, 9.17) is 0 Å². The summed E-state index contributed by atoms with van der Waals surface area (Å²) in [5.74, 6) is 1.71. The third-order valence-corrected chi connectivity index (χ3v) is 5.61. The quantitative estimate of drug-likeness (QED) is 0.881. The first-order valence-corrected chi connectivity index (χ1v) is 8.85. The van der Waals surface area contributed by atoms with Gasteiger partial charge in [-0.3, -0.25) is 9.20 Å². The third kappa shape index (κ3) is 3.27. The van der Waals surface area contributed by atoms with Crippen LogP contribution in [-0.2, 0) is 4.79 Å². The molecule has 1 amide bonds. The van der Waals surface area contributed by atoms with Gasteiger partial charge < -0.3 is 5.32 Å². The topological polar surface area (TPSA) is 59.3 Å². The smallest absolute Gasteiger partial charge is 0.230 e. The molecule has 1 aliphatic rings. The maximum Gasteiger partial charge on any atom is 0.230 e. The molecular weight excluding hydrogens is 296 g/mol. The standard InChI is InChI=1S/C16H22N4OS/c1-11-6-5-7-13(12(11)2)17-15(21)10-22-16-19-18-14-8-3-4-9-20(14)16/h3-4,8-9,11-13H,5-7,10H2,1-2H3,(H,17,21)/t11-,12-,13-/m1/s1. The zero-order chi connectivity index (χ0) is 15.5. The third-order valence-electron chi connectivity index (χ3n) is 4.67. The van der Waals surface area contributed by atoms with Gasteiger partial charge in [0.15, 0.2) is 10.8 Å². The van der Waals surface area contributed by atoms with Gasteiger partial charge in [-0.15, -0.1) is 10.2 Å². The summed E-state index contributed by atoms with van der Waals surface area (Å²) in [6.45, 7) is 4.52. The lowest BCUT2D eigenvalue weighted by Crippen LogP contribution is -2.44. The number of hydrogen-bond donors (Lipinski definition) is 1. The molecule has 0 unspecified atom stereocenters. The molecule has 6 heteroatoms. The Balaban J connectivity index is 1.56. The van der Waals surface area contributed by atoms with E-state index >= 15 is 0 Å². The highest BCUT2D eigenvalue weighted by atomic mass is 32.2. The van der Waals surface area contributed by atoms with Crippen molar-refractivity contribution in [3.8, 4) is 0 Å². The molecule has 2 heterocycles. The molecule has 2 aromatic heterocycles. The van der Waals surface area contributed by atoms with Crippen molar-refractivity contribution in [3.05, 3.63) is 24.4 Å². The minimum Gasteiger partial charge on any atom is -0.352 e. The van der Waals surface area contributed by atoms with Crippen LogP contribution in [-0.4, -0.2) is 32.3 Å². The highest BCUT2D eigenvalue weighted by molar-refractivity contribution is 7.99. The molecule has 118 valence electrons. The van der Waals surface area contributed by atoms with Crippen LogP contribution in [0.2, 0.25) is 0 Å². The van der Waals surface area contributed by atoms with Crippen molar-refractivity contribution in [2.45, 2.75) is 44.3 Å². The van der Waals surface area contributed by atoms with Crippen LogP contribution in [0, 0.1) is 11.8 Å². The molecule has 0 bridgehead atoms. The van der Waals surface area contributed by atoms with Crippen LogP contribution >= 0.6 is 11.8 Å². The van der Waals surface area contributed by atoms with Crippen LogP contribution in [0.4, 0.5) is 0 Å². The van der Waals surface area contributed by atoms with Crippen molar-refractivity contribution in [1.29, 1.82) is 0 Å². The van der Waals surface area contributed by atoms with Gasteiger partial charge in [-0.2, -0.15) is 0 Å². The monoisotopic (exact) mass is 318 g/mol. The van der Waals surface area contributed by atoms with Crippen molar-refractivity contribution < 1.29 is 4.79 Å². The van der Waals surface area contributed by atoms with Crippen LogP contribution in [0.3, 0.4) is 0 Å². The minimum absolute atomic E-state index is 0.0867. The molecule has 0 spiro atoms. The summed E-state index contributed by atoms with van der Waals surface area (Å²) < 4.78 is 1.91. The van der Waals surface area contributed by atoms with Crippen LogP contribution in [0.5, 0.6) is 0 Å². The molecule has 1 N–H and O–H groups in total. The Labute approximate surface area is 134 Å². The number of hydrogen-bond acceptors (Lipinski definition) is 4. The molecule has 22 heavy (non-hydrogen) atoms. The van der Waals surface area contributed by atoms with E-state index in [9.17, 15) is 4.79 Å². The number of fused-ring (bicyclic) bond motifs is 1. The number of carbonyl (C=O) groups excluding carboxylic acids is 1. The highest BCUT2D eigenvalue weighted by Gasteiger charge is 2.28. The average molecular weight is 318 g/mol. The van der Waals surface area contributed by atoms with Crippen LogP contribution in [0.25, 0.3) is 5.65 Å². The maximum atomic E-state index is 12.2. The van der Waals surface area contributed by atoms with Gasteiger partial charge in [0.2, 0.25) is 5.91 Å². The molecule has 0 aromatic carbocycles. The first-order chi connectivity index (χ1) is 10.6. The number of nitrogens with zero attached hydrogens (tertiary/aromatic N) is 3. The van der Waals surface area contributed by atoms with Gasteiger partial charge in [-0.05, 0) is 30.4 Å². The number of aromatic nitrogens is 3. The first kappa shape index (κ1) is 15.3. The summed E-state index contributed by atoms with van der Waals surface area (Å²) in [6.07, 6.45) is 5.49. The average Bonchev–Trinajstić information content (AvgIpc) is 2.93. The highest BCUT2D eigenvalue weighted by Crippen LogP contribution is 2.29. The molecule has 0 aliphatic heterocycles. The van der Waals surface area contributed by atoms with E-state index in [1.807, 2.05) is 28.8 Å². The van der Waals surface area contributed by atoms with Gasteiger partial charge >= 0.3 is 0 Å². The molecule has 0 saturated heterocycles. The fourth-order valence-corrected chi connectivity index (χ4v) is 3.82. The van der Waals surface area contributed by atoms with Gasteiger partial charge in [-0.1, -0.05) is 44.5 Å². The van der Waals surface area contributed by atoms with Gasteiger partial charge in [0.25, 0.3) is 0 Å². The molecule has 5 nitrogen and oxygen atoms in total. The predicted molar refractivity (Wildman–Crippen MR) is 87.8 cm³/mol. The second-order valence-electron chi connectivity index (χ2n) is 6.14. The minimum atomic E-state index is 0.0867. The fraction of sp³-hybridized carbons (Fsp3) is 0.562. The summed E-state index contributed by atoms with van der Waals surface area (Å²) >= 11 is 1.43. The van der Waals surface area contributed by atoms with E-state index in [-0.39, 0.29) is 5.91 Å². The van der Waals surface area contributed by atoms with E-state index in [0.717, 1.165) is 17.2 Å². The molecular formula is C16H22N4OS. The number of nitrogens with one attached hydrogen (secondary N) is 1. The second-order valence-corrected chi connectivity index (χ2v) is 7.08. The van der Waals surface area contributed by atoms with Crippen molar-refractivity contribution in [1.82, 2.24) is 19.9 Å². The zero-order valence-electron chi connectivity index (χ0n) is 13.0. The lowest BCUT2D eigenvalue weighted by Gasteiger charge is -2.34. The maximum absolute atomic E-state index is 12.2. The SMILES string of the molecule is C[C@@H]1[C@H](C)CCC[C@H]1NC(=O)CSc1nnc2ccccn12. The van der Waals surface area contributed by atoms with E-state index < -0.39 is 0 Å². The molecule has 3 atom stereocenters. The van der Waals surface area contributed by atoms with E-state index in [1.54, 1.807) is 0 Å². The van der Waals surface area contributed by atoms with Gasteiger partial charge in [0.05, 0.1) is 5.75 Å². The van der Waals surface area contributed by atoms with Crippen LogP contribution in [0.15, 0.2) is 29.6 Å². The molecule has 0 radical (unpaired) electrons. The predicted octanol–water partition coefficient (Wildman–Crippen LogP) is 2.76. The first-order valence-electron chi connectivity index (χ1n) is 7.87. The van der Waals surface area contributed by atoms with Crippen LogP contribution in [0.1, 0.15) is 33.1 Å². The van der Waals surface area contributed by atoms with Gasteiger partial charge in [0.1, 0.15) is 0 Å². The number of rotatable bonds is 4. The van der Waals surface area contributed by atoms with Crippen LogP contribution < -0.4 is 5.32 Å². The normalized spacial score (nSPS) is 25.3. The Morgan fingerprint density at radius 2 is 2.23 bits per heavy atom. The summed E-state index contributed by atoms with van der Waals surface area (Å²) in [7, 11) is 0. The van der Waals surface area contributed by atoms with Gasteiger partial charge in [-0.25, -0.2) is 0 Å². The summed E-state index contributed by atoms with van der Waals surface area (Å²) in [5.41, 5.74) is 0.806. The Morgan fingerprint density at radius 1 is 1.36 bits per heavy atom. The summed E-state index contributed by atoms with van der Waals surface area (Å²) in [6, 6.07) is 6.08. The van der Waals surface area contributed by atoms with Gasteiger partial charge in [0, 0.05) is 12.2 Å². The lowest BCUT2D eigenvalue weighted by molar-refractivity contribution is -0.120. The van der Waals surface area contributed by atoms with E-state index in [2.05, 4.69) is 29.4 Å². The Hall–Kier alpha value is -1.56. The van der Waals surface area contributed by atoms with Crippen molar-refractivity contribution in [2.75, 3.05) is 5.75 Å². The fourth-order valence-electron chi connectivity index (χ4n) is 3.08. The molecule has 1 saturated carbocycles. The van der Waals surface area contributed by atoms with Crippen molar-refractivity contribution in [2.24, 2.45) is 11.8 Å². The number of pyridine rings is 1.